The molecule has 0 saturated carbocycles. The normalized spacial score (nSPS) is 22.6. The average molecular weight is 201 g/mol. The number of aliphatic hydroxyl groups excluding tert-OH is 1. The third-order valence-corrected chi connectivity index (χ3v) is 3.12. The molecule has 1 fully saturated rings. The molecule has 0 amide bonds. The molecule has 0 aromatic carbocycles. The first-order chi connectivity index (χ1) is 6.60. The Kier molecular flexibility index (Phi) is 3.89. The van der Waals surface area contributed by atoms with Gasteiger partial charge in [-0.3, -0.25) is 9.69 Å². The maximum atomic E-state index is 11.3. The first kappa shape index (κ1) is 11.5. The molecule has 1 saturated heterocycles. The minimum atomic E-state index is -0.162. The van der Waals surface area contributed by atoms with Crippen molar-refractivity contribution in [1.82, 2.24) is 4.90 Å². The zero-order valence-electron chi connectivity index (χ0n) is 9.06. The number of hydrogen-bond acceptors (Lipinski definition) is 4. The molecule has 4 heteroatoms. The summed E-state index contributed by atoms with van der Waals surface area (Å²) in [5.74, 6) is 0.131. The van der Waals surface area contributed by atoms with Gasteiger partial charge in [-0.15, -0.1) is 0 Å². The zero-order chi connectivity index (χ0) is 10.7. The SMILES string of the molecule is COC(=O)C(C)C(C)N1CC(CO)C1. The molecule has 1 heterocycles. The van der Waals surface area contributed by atoms with Crippen molar-refractivity contribution in [1.29, 1.82) is 0 Å². The van der Waals surface area contributed by atoms with Crippen molar-refractivity contribution in [3.63, 3.8) is 0 Å². The van der Waals surface area contributed by atoms with Crippen LogP contribution < -0.4 is 0 Å². The molecule has 0 radical (unpaired) electrons. The van der Waals surface area contributed by atoms with Crippen LogP contribution in [0.25, 0.3) is 0 Å². The van der Waals surface area contributed by atoms with Crippen molar-refractivity contribution in [2.75, 3.05) is 26.8 Å². The Hall–Kier alpha value is -0.610. The lowest BCUT2D eigenvalue weighted by molar-refractivity contribution is -0.148. The van der Waals surface area contributed by atoms with Crippen LogP contribution in [0.3, 0.4) is 0 Å². The minimum Gasteiger partial charge on any atom is -0.469 e. The summed E-state index contributed by atoms with van der Waals surface area (Å²) < 4.78 is 4.69. The van der Waals surface area contributed by atoms with E-state index in [1.807, 2.05) is 13.8 Å². The summed E-state index contributed by atoms with van der Waals surface area (Å²) >= 11 is 0. The molecule has 0 aromatic rings. The van der Waals surface area contributed by atoms with E-state index in [-0.39, 0.29) is 24.5 Å². The van der Waals surface area contributed by atoms with Crippen LogP contribution in [0.15, 0.2) is 0 Å². The Labute approximate surface area is 84.8 Å². The van der Waals surface area contributed by atoms with E-state index in [1.54, 1.807) is 0 Å². The van der Waals surface area contributed by atoms with Gasteiger partial charge in [0.25, 0.3) is 0 Å². The largest absolute Gasteiger partial charge is 0.469 e. The molecule has 0 aliphatic carbocycles. The average Bonchev–Trinajstić information content (AvgIpc) is 2.13. The van der Waals surface area contributed by atoms with Gasteiger partial charge >= 0.3 is 5.97 Å². The second kappa shape index (κ2) is 4.75. The number of esters is 1. The van der Waals surface area contributed by atoms with E-state index < -0.39 is 0 Å². The fourth-order valence-corrected chi connectivity index (χ4v) is 1.76. The highest BCUT2D eigenvalue weighted by Gasteiger charge is 2.34. The number of carbonyl (C=O) groups is 1. The Morgan fingerprint density at radius 3 is 2.57 bits per heavy atom. The molecule has 82 valence electrons. The Bertz CT molecular complexity index is 202. The number of likely N-dealkylation sites (tertiary alicyclic amines) is 1. The van der Waals surface area contributed by atoms with Crippen LogP contribution in [0.1, 0.15) is 13.8 Å². The van der Waals surface area contributed by atoms with Crippen LogP contribution in [0.4, 0.5) is 0 Å². The Morgan fingerprint density at radius 2 is 2.14 bits per heavy atom. The molecule has 0 spiro atoms. The van der Waals surface area contributed by atoms with Crippen molar-refractivity contribution in [2.45, 2.75) is 19.9 Å². The van der Waals surface area contributed by atoms with E-state index >= 15 is 0 Å². The highest BCUT2D eigenvalue weighted by atomic mass is 16.5. The number of ether oxygens (including phenoxy) is 1. The summed E-state index contributed by atoms with van der Waals surface area (Å²) in [6, 6.07) is 0.199. The number of nitrogens with zero attached hydrogens (tertiary/aromatic N) is 1. The third kappa shape index (κ3) is 2.25. The van der Waals surface area contributed by atoms with Gasteiger partial charge in [-0.2, -0.15) is 0 Å². The van der Waals surface area contributed by atoms with Gasteiger partial charge in [0.15, 0.2) is 0 Å². The molecule has 2 unspecified atom stereocenters. The van der Waals surface area contributed by atoms with Gasteiger partial charge in [0.05, 0.1) is 13.0 Å². The predicted octanol–water partition coefficient (Wildman–Crippen LogP) is 0.108. The Morgan fingerprint density at radius 1 is 1.57 bits per heavy atom. The molecule has 4 nitrogen and oxygen atoms in total. The van der Waals surface area contributed by atoms with E-state index in [1.165, 1.54) is 7.11 Å². The van der Waals surface area contributed by atoms with E-state index in [2.05, 4.69) is 4.90 Å². The monoisotopic (exact) mass is 201 g/mol. The smallest absolute Gasteiger partial charge is 0.309 e. The highest BCUT2D eigenvalue weighted by Crippen LogP contribution is 2.22. The van der Waals surface area contributed by atoms with Crippen LogP contribution in [0.5, 0.6) is 0 Å². The summed E-state index contributed by atoms with van der Waals surface area (Å²) in [7, 11) is 1.41. The van der Waals surface area contributed by atoms with Gasteiger partial charge in [0.2, 0.25) is 0 Å². The highest BCUT2D eigenvalue weighted by molar-refractivity contribution is 5.72. The van der Waals surface area contributed by atoms with E-state index in [0.29, 0.717) is 5.92 Å². The van der Waals surface area contributed by atoms with Gasteiger partial charge in [0.1, 0.15) is 0 Å². The molecule has 1 rings (SSSR count). The topological polar surface area (TPSA) is 49.8 Å². The summed E-state index contributed by atoms with van der Waals surface area (Å²) in [4.78, 5) is 13.4. The van der Waals surface area contributed by atoms with Crippen LogP contribution in [-0.4, -0.2) is 48.8 Å². The number of hydrogen-bond donors (Lipinski definition) is 1. The van der Waals surface area contributed by atoms with E-state index in [9.17, 15) is 4.79 Å². The summed E-state index contributed by atoms with van der Waals surface area (Å²) in [5.41, 5.74) is 0. The van der Waals surface area contributed by atoms with Crippen molar-refractivity contribution in [2.24, 2.45) is 11.8 Å². The lowest BCUT2D eigenvalue weighted by Crippen LogP contribution is -2.55. The second-order valence-electron chi connectivity index (χ2n) is 4.05. The van der Waals surface area contributed by atoms with Gasteiger partial charge in [-0.1, -0.05) is 6.92 Å². The van der Waals surface area contributed by atoms with Gasteiger partial charge in [0, 0.05) is 31.7 Å². The van der Waals surface area contributed by atoms with Gasteiger partial charge in [-0.05, 0) is 6.92 Å². The number of methoxy groups -OCH3 is 1. The van der Waals surface area contributed by atoms with Crippen LogP contribution in [-0.2, 0) is 9.53 Å². The van der Waals surface area contributed by atoms with Crippen LogP contribution in [0, 0.1) is 11.8 Å². The van der Waals surface area contributed by atoms with Crippen LogP contribution in [0.2, 0.25) is 0 Å². The fraction of sp³-hybridized carbons (Fsp3) is 0.900. The summed E-state index contributed by atoms with van der Waals surface area (Å²) in [5, 5.41) is 8.86. The first-order valence-electron chi connectivity index (χ1n) is 5.02. The standard InChI is InChI=1S/C10H19NO3/c1-7(10(13)14-3)8(2)11-4-9(5-11)6-12/h7-9,12H,4-6H2,1-3H3. The van der Waals surface area contributed by atoms with E-state index in [4.69, 9.17) is 9.84 Å². The number of rotatable bonds is 4. The van der Waals surface area contributed by atoms with Crippen molar-refractivity contribution >= 4 is 5.97 Å². The quantitative estimate of drug-likeness (QED) is 0.656. The molecule has 1 aliphatic heterocycles. The molecular formula is C10H19NO3. The zero-order valence-corrected chi connectivity index (χ0v) is 9.06. The maximum Gasteiger partial charge on any atom is 0.309 e. The van der Waals surface area contributed by atoms with Gasteiger partial charge < -0.3 is 9.84 Å². The van der Waals surface area contributed by atoms with E-state index in [0.717, 1.165) is 13.1 Å². The number of carbonyl (C=O) groups excluding carboxylic acids is 1. The molecule has 0 bridgehead atoms. The number of aliphatic hydroxyl groups is 1. The predicted molar refractivity (Wildman–Crippen MR) is 52.8 cm³/mol. The molecule has 2 atom stereocenters. The van der Waals surface area contributed by atoms with Crippen molar-refractivity contribution in [3.05, 3.63) is 0 Å². The molecular weight excluding hydrogens is 182 g/mol. The minimum absolute atomic E-state index is 0.0976. The molecule has 1 N–H and O–H groups in total. The molecule has 0 aromatic heterocycles. The van der Waals surface area contributed by atoms with Crippen molar-refractivity contribution < 1.29 is 14.6 Å². The summed E-state index contributed by atoms with van der Waals surface area (Å²) in [6.45, 7) is 5.92. The van der Waals surface area contributed by atoms with Gasteiger partial charge in [-0.25, -0.2) is 0 Å². The molecule has 1 aliphatic rings. The third-order valence-electron chi connectivity index (χ3n) is 3.12. The lowest BCUT2D eigenvalue weighted by Gasteiger charge is -2.43. The summed E-state index contributed by atoms with van der Waals surface area (Å²) in [6.07, 6.45) is 0. The van der Waals surface area contributed by atoms with Crippen molar-refractivity contribution in [3.8, 4) is 0 Å². The molecule has 14 heavy (non-hydrogen) atoms. The van der Waals surface area contributed by atoms with Crippen LogP contribution >= 0.6 is 0 Å². The fourth-order valence-electron chi connectivity index (χ4n) is 1.76. The lowest BCUT2D eigenvalue weighted by atomic mass is 9.93. The first-order valence-corrected chi connectivity index (χ1v) is 5.02. The Balaban J connectivity index is 2.35. The maximum absolute atomic E-state index is 11.3. The second-order valence-corrected chi connectivity index (χ2v) is 4.05.